The molecule has 98 valence electrons. The van der Waals surface area contributed by atoms with E-state index in [9.17, 15) is 4.79 Å². The summed E-state index contributed by atoms with van der Waals surface area (Å²) in [6, 6.07) is 7.30. The number of benzene rings is 1. The molecular formula is C13H14N4O2. The number of hydrogen-bond donors (Lipinski definition) is 2. The number of amides is 1. The van der Waals surface area contributed by atoms with Crippen molar-refractivity contribution < 1.29 is 9.53 Å². The Morgan fingerprint density at radius 3 is 2.58 bits per heavy atom. The molecule has 0 bridgehead atoms. The van der Waals surface area contributed by atoms with Crippen molar-refractivity contribution in [2.24, 2.45) is 0 Å². The maximum Gasteiger partial charge on any atom is 0.411 e. The lowest BCUT2D eigenvalue weighted by atomic mass is 10.2. The van der Waals surface area contributed by atoms with E-state index in [-0.39, 0.29) is 0 Å². The second-order valence-electron chi connectivity index (χ2n) is 3.74. The zero-order chi connectivity index (χ0) is 13.5. The first-order valence-corrected chi connectivity index (χ1v) is 5.72. The van der Waals surface area contributed by atoms with E-state index in [1.54, 1.807) is 30.7 Å². The fraction of sp³-hybridized carbons (Fsp3) is 0.154. The average Bonchev–Trinajstić information content (AvgIpc) is 2.47. The van der Waals surface area contributed by atoms with E-state index in [1.165, 1.54) is 7.11 Å². The molecule has 2 rings (SSSR count). The summed E-state index contributed by atoms with van der Waals surface area (Å²) in [4.78, 5) is 19.2. The Bertz CT molecular complexity index is 528. The Balaban J connectivity index is 1.90. The van der Waals surface area contributed by atoms with Crippen LogP contribution in [0.15, 0.2) is 42.9 Å². The number of methoxy groups -OCH3 is 1. The van der Waals surface area contributed by atoms with E-state index in [0.29, 0.717) is 12.2 Å². The number of ether oxygens (including phenoxy) is 1. The van der Waals surface area contributed by atoms with Crippen molar-refractivity contribution in [2.45, 2.75) is 6.54 Å². The number of aromatic nitrogens is 2. The molecule has 1 aromatic heterocycles. The molecular weight excluding hydrogens is 244 g/mol. The molecule has 2 aromatic rings. The Hall–Kier alpha value is -2.63. The van der Waals surface area contributed by atoms with Crippen LogP contribution >= 0.6 is 0 Å². The van der Waals surface area contributed by atoms with Crippen LogP contribution in [0, 0.1) is 0 Å². The number of nitrogens with zero attached hydrogens (tertiary/aromatic N) is 2. The summed E-state index contributed by atoms with van der Waals surface area (Å²) in [5, 5.41) is 5.79. The van der Waals surface area contributed by atoms with Crippen LogP contribution in [0.25, 0.3) is 0 Å². The number of nitrogens with one attached hydrogen (secondary N) is 2. The van der Waals surface area contributed by atoms with Crippen LogP contribution in [0.1, 0.15) is 5.69 Å². The molecule has 0 spiro atoms. The maximum absolute atomic E-state index is 11.0. The minimum atomic E-state index is -0.486. The van der Waals surface area contributed by atoms with Gasteiger partial charge in [0.25, 0.3) is 0 Å². The summed E-state index contributed by atoms with van der Waals surface area (Å²) in [7, 11) is 1.33. The van der Waals surface area contributed by atoms with Crippen LogP contribution in [0.5, 0.6) is 0 Å². The first-order chi connectivity index (χ1) is 9.28. The molecule has 1 heterocycles. The third kappa shape index (κ3) is 3.95. The number of carbonyl (C=O) groups is 1. The van der Waals surface area contributed by atoms with Crippen LogP contribution in [0.2, 0.25) is 0 Å². The van der Waals surface area contributed by atoms with Crippen molar-refractivity contribution in [2.75, 3.05) is 17.7 Å². The van der Waals surface area contributed by atoms with Crippen LogP contribution < -0.4 is 10.6 Å². The molecule has 0 aliphatic rings. The third-order valence-electron chi connectivity index (χ3n) is 2.41. The van der Waals surface area contributed by atoms with Crippen molar-refractivity contribution in [1.29, 1.82) is 0 Å². The molecule has 0 aliphatic heterocycles. The molecule has 6 nitrogen and oxygen atoms in total. The summed E-state index contributed by atoms with van der Waals surface area (Å²) < 4.78 is 4.51. The lowest BCUT2D eigenvalue weighted by Crippen LogP contribution is -2.10. The van der Waals surface area contributed by atoms with Gasteiger partial charge in [0.1, 0.15) is 0 Å². The van der Waals surface area contributed by atoms with Crippen molar-refractivity contribution in [3.05, 3.63) is 48.5 Å². The van der Waals surface area contributed by atoms with Crippen molar-refractivity contribution in [3.8, 4) is 0 Å². The molecule has 2 N–H and O–H groups in total. The molecule has 0 radical (unpaired) electrons. The third-order valence-corrected chi connectivity index (χ3v) is 2.41. The lowest BCUT2D eigenvalue weighted by Gasteiger charge is -2.07. The van der Waals surface area contributed by atoms with E-state index >= 15 is 0 Å². The van der Waals surface area contributed by atoms with Gasteiger partial charge in [0.05, 0.1) is 25.5 Å². The minimum absolute atomic E-state index is 0.486. The SMILES string of the molecule is COC(=O)Nc1ccc(NCc2cnccn2)cc1. The van der Waals surface area contributed by atoms with Crippen LogP contribution in [0.3, 0.4) is 0 Å². The van der Waals surface area contributed by atoms with E-state index in [1.807, 2.05) is 12.1 Å². The van der Waals surface area contributed by atoms with Gasteiger partial charge in [0.2, 0.25) is 0 Å². The highest BCUT2D eigenvalue weighted by Crippen LogP contribution is 2.14. The first-order valence-electron chi connectivity index (χ1n) is 5.72. The van der Waals surface area contributed by atoms with Gasteiger partial charge in [-0.15, -0.1) is 0 Å². The highest BCUT2D eigenvalue weighted by Gasteiger charge is 2.00. The predicted octanol–water partition coefficient (Wildman–Crippen LogP) is 2.27. The van der Waals surface area contributed by atoms with Gasteiger partial charge in [-0.3, -0.25) is 15.3 Å². The summed E-state index contributed by atoms with van der Waals surface area (Å²) in [6.45, 7) is 0.595. The fourth-order valence-corrected chi connectivity index (χ4v) is 1.45. The molecule has 0 aliphatic carbocycles. The molecule has 6 heteroatoms. The van der Waals surface area contributed by atoms with Gasteiger partial charge in [-0.1, -0.05) is 0 Å². The predicted molar refractivity (Wildman–Crippen MR) is 71.8 cm³/mol. The monoisotopic (exact) mass is 258 g/mol. The van der Waals surface area contributed by atoms with Gasteiger partial charge < -0.3 is 10.1 Å². The van der Waals surface area contributed by atoms with Crippen LogP contribution in [-0.4, -0.2) is 23.2 Å². The fourth-order valence-electron chi connectivity index (χ4n) is 1.45. The molecule has 1 amide bonds. The second kappa shape index (κ2) is 6.34. The number of rotatable bonds is 4. The minimum Gasteiger partial charge on any atom is -0.453 e. The van der Waals surface area contributed by atoms with Crippen molar-refractivity contribution in [1.82, 2.24) is 9.97 Å². The summed E-state index contributed by atoms with van der Waals surface area (Å²) in [6.07, 6.45) is 4.51. The quantitative estimate of drug-likeness (QED) is 0.879. The zero-order valence-electron chi connectivity index (χ0n) is 10.5. The van der Waals surface area contributed by atoms with Gasteiger partial charge in [0.15, 0.2) is 0 Å². The Morgan fingerprint density at radius 2 is 1.95 bits per heavy atom. The largest absolute Gasteiger partial charge is 0.453 e. The number of carbonyl (C=O) groups excluding carboxylic acids is 1. The van der Waals surface area contributed by atoms with Crippen LogP contribution in [-0.2, 0) is 11.3 Å². The molecule has 0 saturated heterocycles. The van der Waals surface area contributed by atoms with Gasteiger partial charge in [-0.2, -0.15) is 0 Å². The van der Waals surface area contributed by atoms with E-state index in [0.717, 1.165) is 11.4 Å². The Morgan fingerprint density at radius 1 is 1.21 bits per heavy atom. The van der Waals surface area contributed by atoms with Crippen LogP contribution in [0.4, 0.5) is 16.2 Å². The van der Waals surface area contributed by atoms with E-state index < -0.39 is 6.09 Å². The molecule has 0 unspecified atom stereocenters. The number of anilines is 2. The summed E-state index contributed by atoms with van der Waals surface area (Å²) >= 11 is 0. The average molecular weight is 258 g/mol. The highest BCUT2D eigenvalue weighted by molar-refractivity contribution is 5.84. The van der Waals surface area contributed by atoms with E-state index in [4.69, 9.17) is 0 Å². The molecule has 0 atom stereocenters. The summed E-state index contributed by atoms with van der Waals surface area (Å²) in [5.41, 5.74) is 2.47. The molecule has 19 heavy (non-hydrogen) atoms. The molecule has 1 aromatic carbocycles. The number of hydrogen-bond acceptors (Lipinski definition) is 5. The van der Waals surface area contributed by atoms with E-state index in [2.05, 4.69) is 25.3 Å². The highest BCUT2D eigenvalue weighted by atomic mass is 16.5. The van der Waals surface area contributed by atoms with Gasteiger partial charge in [-0.25, -0.2) is 4.79 Å². The second-order valence-corrected chi connectivity index (χ2v) is 3.74. The topological polar surface area (TPSA) is 76.1 Å². The smallest absolute Gasteiger partial charge is 0.411 e. The summed E-state index contributed by atoms with van der Waals surface area (Å²) in [5.74, 6) is 0. The molecule has 0 saturated carbocycles. The Labute approximate surface area is 110 Å². The zero-order valence-corrected chi connectivity index (χ0v) is 10.5. The van der Waals surface area contributed by atoms with Gasteiger partial charge in [-0.05, 0) is 24.3 Å². The van der Waals surface area contributed by atoms with Crippen molar-refractivity contribution in [3.63, 3.8) is 0 Å². The van der Waals surface area contributed by atoms with Gasteiger partial charge >= 0.3 is 6.09 Å². The van der Waals surface area contributed by atoms with Gasteiger partial charge in [0, 0.05) is 23.8 Å². The maximum atomic E-state index is 11.0. The lowest BCUT2D eigenvalue weighted by molar-refractivity contribution is 0.187. The first kappa shape index (κ1) is 12.8. The Kier molecular flexibility index (Phi) is 4.28. The normalized spacial score (nSPS) is 9.74. The standard InChI is InChI=1S/C13H14N4O2/c1-19-13(18)17-11-4-2-10(3-5-11)16-9-12-8-14-6-7-15-12/h2-8,16H,9H2,1H3,(H,17,18). The molecule has 0 fully saturated rings. The van der Waals surface area contributed by atoms with Crippen molar-refractivity contribution >= 4 is 17.5 Å².